The highest BCUT2D eigenvalue weighted by molar-refractivity contribution is 5.81. The number of hydrogen-bond acceptors (Lipinski definition) is 0. The third-order valence-corrected chi connectivity index (χ3v) is 3.47. The summed E-state index contributed by atoms with van der Waals surface area (Å²) in [6.45, 7) is 8.56. The van der Waals surface area contributed by atoms with Gasteiger partial charge in [-0.2, -0.15) is 0 Å². The highest BCUT2D eigenvalue weighted by Gasteiger charge is 2.12. The predicted molar refractivity (Wildman–Crippen MR) is 78.3 cm³/mol. The third-order valence-electron chi connectivity index (χ3n) is 3.47. The van der Waals surface area contributed by atoms with Crippen molar-refractivity contribution >= 4 is 23.1 Å². The Bertz CT molecular complexity index is 624. The highest BCUT2D eigenvalue weighted by atomic mass is 14.7. The SMILES string of the molecule is CC.CC1C=c2[nH]c3ccccc3c2=CC1C.[HH]. The fraction of sp³-hybridized carbons (Fsp3) is 0.375. The van der Waals surface area contributed by atoms with Gasteiger partial charge in [-0.15, -0.1) is 0 Å². The average molecular weight is 229 g/mol. The fourth-order valence-corrected chi connectivity index (χ4v) is 2.32. The van der Waals surface area contributed by atoms with Crippen molar-refractivity contribution in [2.75, 3.05) is 0 Å². The Balaban J connectivity index is 0.000000516. The van der Waals surface area contributed by atoms with E-state index >= 15 is 0 Å². The molecule has 0 saturated heterocycles. The highest BCUT2D eigenvalue weighted by Crippen LogP contribution is 2.16. The lowest BCUT2D eigenvalue weighted by atomic mass is 9.91. The summed E-state index contributed by atoms with van der Waals surface area (Å²) < 4.78 is 0. The Morgan fingerprint density at radius 3 is 2.41 bits per heavy atom. The van der Waals surface area contributed by atoms with Crippen molar-refractivity contribution in [3.8, 4) is 0 Å². The molecule has 92 valence electrons. The molecule has 17 heavy (non-hydrogen) atoms. The van der Waals surface area contributed by atoms with Gasteiger partial charge in [-0.05, 0) is 17.9 Å². The van der Waals surface area contributed by atoms with Gasteiger partial charge in [-0.3, -0.25) is 0 Å². The molecule has 0 fully saturated rings. The van der Waals surface area contributed by atoms with E-state index in [0.717, 1.165) is 0 Å². The summed E-state index contributed by atoms with van der Waals surface area (Å²) in [6, 6.07) is 8.52. The van der Waals surface area contributed by atoms with Gasteiger partial charge in [0, 0.05) is 22.9 Å². The van der Waals surface area contributed by atoms with Crippen LogP contribution in [0.25, 0.3) is 23.1 Å². The van der Waals surface area contributed by atoms with Crippen LogP contribution in [0, 0.1) is 11.8 Å². The second-order valence-corrected chi connectivity index (χ2v) is 4.55. The van der Waals surface area contributed by atoms with Gasteiger partial charge >= 0.3 is 0 Å². The van der Waals surface area contributed by atoms with Gasteiger partial charge in [0.2, 0.25) is 0 Å². The van der Waals surface area contributed by atoms with Gasteiger partial charge < -0.3 is 4.98 Å². The molecule has 1 heteroatoms. The molecular weight excluding hydrogens is 206 g/mol. The minimum atomic E-state index is 0. The third kappa shape index (κ3) is 2.02. The summed E-state index contributed by atoms with van der Waals surface area (Å²) in [4.78, 5) is 3.48. The van der Waals surface area contributed by atoms with Gasteiger partial charge in [-0.1, -0.05) is 58.0 Å². The number of nitrogens with one attached hydrogen (secondary N) is 1. The first-order valence-corrected chi connectivity index (χ1v) is 6.56. The zero-order valence-electron chi connectivity index (χ0n) is 11.1. The zero-order valence-corrected chi connectivity index (χ0v) is 11.1. The maximum atomic E-state index is 3.48. The predicted octanol–water partition coefficient (Wildman–Crippen LogP) is 3.29. The largest absolute Gasteiger partial charge is 0.355 e. The molecule has 3 rings (SSSR count). The molecule has 2 unspecified atom stereocenters. The van der Waals surface area contributed by atoms with Gasteiger partial charge in [0.05, 0.1) is 0 Å². The van der Waals surface area contributed by atoms with Gasteiger partial charge in [-0.25, -0.2) is 0 Å². The van der Waals surface area contributed by atoms with Crippen LogP contribution < -0.4 is 10.6 Å². The molecule has 1 N–H and O–H groups in total. The van der Waals surface area contributed by atoms with Crippen LogP contribution in [0.1, 0.15) is 29.1 Å². The first-order chi connectivity index (χ1) is 8.25. The van der Waals surface area contributed by atoms with E-state index in [1.54, 1.807) is 0 Å². The average Bonchev–Trinajstić information content (AvgIpc) is 2.70. The molecule has 0 saturated carbocycles. The number of fused-ring (bicyclic) bond motifs is 3. The summed E-state index contributed by atoms with van der Waals surface area (Å²) in [5, 5.41) is 4.03. The van der Waals surface area contributed by atoms with E-state index in [1.807, 2.05) is 13.8 Å². The number of aromatic nitrogens is 1. The van der Waals surface area contributed by atoms with Crippen LogP contribution >= 0.6 is 0 Å². The lowest BCUT2D eigenvalue weighted by Crippen LogP contribution is -2.30. The molecule has 1 aromatic carbocycles. The van der Waals surface area contributed by atoms with Crippen LogP contribution in [-0.4, -0.2) is 4.98 Å². The van der Waals surface area contributed by atoms with Gasteiger partial charge in [0.25, 0.3) is 0 Å². The first-order valence-electron chi connectivity index (χ1n) is 6.56. The molecule has 1 aromatic heterocycles. The van der Waals surface area contributed by atoms with Gasteiger partial charge in [0.1, 0.15) is 0 Å². The molecule has 0 radical (unpaired) electrons. The van der Waals surface area contributed by atoms with Crippen LogP contribution in [0.15, 0.2) is 24.3 Å². The molecule has 0 bridgehead atoms. The summed E-state index contributed by atoms with van der Waals surface area (Å²) in [5.74, 6) is 1.27. The van der Waals surface area contributed by atoms with E-state index in [0.29, 0.717) is 11.8 Å². The standard InChI is InChI=1S/C14H15N.C2H6.H2/c1-9-7-12-11-5-3-4-6-13(11)15-14(12)8-10(9)2;1-2;/h3-10,15H,1-2H3;1-2H3;1H. The Hall–Kier alpha value is -1.50. The molecule has 1 nitrogen and oxygen atoms in total. The Morgan fingerprint density at radius 1 is 1.00 bits per heavy atom. The molecule has 1 heterocycles. The van der Waals surface area contributed by atoms with Crippen molar-refractivity contribution in [3.05, 3.63) is 34.8 Å². The first kappa shape index (κ1) is 12.0. The molecule has 2 atom stereocenters. The van der Waals surface area contributed by atoms with E-state index in [4.69, 9.17) is 0 Å². The van der Waals surface area contributed by atoms with Crippen molar-refractivity contribution in [1.29, 1.82) is 0 Å². The van der Waals surface area contributed by atoms with Crippen LogP contribution in [0.4, 0.5) is 0 Å². The van der Waals surface area contributed by atoms with E-state index in [1.165, 1.54) is 21.5 Å². The monoisotopic (exact) mass is 229 g/mol. The number of rotatable bonds is 0. The number of hydrogen-bond donors (Lipinski definition) is 1. The summed E-state index contributed by atoms with van der Waals surface area (Å²) in [7, 11) is 0. The van der Waals surface area contributed by atoms with Gasteiger partial charge in [0.15, 0.2) is 0 Å². The number of benzene rings is 1. The van der Waals surface area contributed by atoms with Crippen molar-refractivity contribution < 1.29 is 1.43 Å². The van der Waals surface area contributed by atoms with Crippen molar-refractivity contribution in [2.45, 2.75) is 27.7 Å². The lowest BCUT2D eigenvalue weighted by Gasteiger charge is -2.14. The smallest absolute Gasteiger partial charge is 0.0464 e. The maximum Gasteiger partial charge on any atom is 0.0464 e. The fourth-order valence-electron chi connectivity index (χ4n) is 2.32. The Kier molecular flexibility index (Phi) is 3.37. The molecule has 1 aliphatic rings. The quantitative estimate of drug-likeness (QED) is 0.713. The maximum absolute atomic E-state index is 3.48. The second kappa shape index (κ2) is 4.79. The normalized spacial score (nSPS) is 21.9. The summed E-state index contributed by atoms with van der Waals surface area (Å²) in [5.41, 5.74) is 1.25. The van der Waals surface area contributed by atoms with E-state index in [9.17, 15) is 0 Å². The van der Waals surface area contributed by atoms with Crippen LogP contribution in [0.2, 0.25) is 0 Å². The Morgan fingerprint density at radius 2 is 1.65 bits per heavy atom. The molecular formula is C16H23N. The number of aromatic amines is 1. The van der Waals surface area contributed by atoms with Crippen LogP contribution in [0.5, 0.6) is 0 Å². The topological polar surface area (TPSA) is 15.8 Å². The molecule has 0 aliphatic heterocycles. The molecule has 0 amide bonds. The zero-order chi connectivity index (χ0) is 12.4. The lowest BCUT2D eigenvalue weighted by molar-refractivity contribution is 0.607. The summed E-state index contributed by atoms with van der Waals surface area (Å²) in [6.07, 6.45) is 4.73. The van der Waals surface area contributed by atoms with Crippen molar-refractivity contribution in [3.63, 3.8) is 0 Å². The van der Waals surface area contributed by atoms with E-state index < -0.39 is 0 Å². The Labute approximate surface area is 104 Å². The minimum absolute atomic E-state index is 0. The summed E-state index contributed by atoms with van der Waals surface area (Å²) >= 11 is 0. The molecule has 1 aliphatic carbocycles. The number of H-pyrrole nitrogens is 1. The molecule has 2 aromatic rings. The molecule has 0 spiro atoms. The van der Waals surface area contributed by atoms with Crippen molar-refractivity contribution in [1.82, 2.24) is 4.98 Å². The van der Waals surface area contributed by atoms with E-state index in [-0.39, 0.29) is 1.43 Å². The van der Waals surface area contributed by atoms with Crippen LogP contribution in [-0.2, 0) is 0 Å². The second-order valence-electron chi connectivity index (χ2n) is 4.55. The van der Waals surface area contributed by atoms with E-state index in [2.05, 4.69) is 55.2 Å². The minimum Gasteiger partial charge on any atom is -0.355 e. The number of para-hydroxylation sites is 1. The van der Waals surface area contributed by atoms with Crippen LogP contribution in [0.3, 0.4) is 0 Å². The van der Waals surface area contributed by atoms with Crippen molar-refractivity contribution in [2.24, 2.45) is 11.8 Å².